The zero-order valence-electron chi connectivity index (χ0n) is 14.1. The summed E-state index contributed by atoms with van der Waals surface area (Å²) in [5.74, 6) is 0.622. The predicted molar refractivity (Wildman–Crippen MR) is 94.7 cm³/mol. The first kappa shape index (κ1) is 16.1. The van der Waals surface area contributed by atoms with Gasteiger partial charge < -0.3 is 9.30 Å². The van der Waals surface area contributed by atoms with Crippen LogP contribution in [0.15, 0.2) is 53.3 Å². The Hall–Kier alpha value is -2.40. The van der Waals surface area contributed by atoms with Crippen LogP contribution in [0.1, 0.15) is 28.4 Å². The molecule has 5 heteroatoms. The van der Waals surface area contributed by atoms with Gasteiger partial charge in [0.2, 0.25) is 0 Å². The van der Waals surface area contributed by atoms with Gasteiger partial charge in [-0.2, -0.15) is 0 Å². The Kier molecular flexibility index (Phi) is 4.40. The number of carbonyl (C=O) groups is 1. The molecule has 0 radical (unpaired) electrons. The van der Waals surface area contributed by atoms with Gasteiger partial charge in [-0.3, -0.25) is 9.69 Å². The summed E-state index contributed by atoms with van der Waals surface area (Å²) < 4.78 is 7.34. The summed E-state index contributed by atoms with van der Waals surface area (Å²) in [6.07, 6.45) is 1.14. The van der Waals surface area contributed by atoms with Gasteiger partial charge in [0.05, 0.1) is 5.56 Å². The van der Waals surface area contributed by atoms with Gasteiger partial charge in [-0.05, 0) is 30.5 Å². The Morgan fingerprint density at radius 3 is 2.72 bits per heavy atom. The Morgan fingerprint density at radius 1 is 1.04 bits per heavy atom. The van der Waals surface area contributed by atoms with E-state index in [0.29, 0.717) is 24.0 Å². The summed E-state index contributed by atoms with van der Waals surface area (Å²) in [6, 6.07) is 14.7. The number of piperidine rings is 1. The number of likely N-dealkylation sites (tertiary alicyclic amines) is 1. The van der Waals surface area contributed by atoms with Crippen LogP contribution in [0.4, 0.5) is 0 Å². The first-order chi connectivity index (χ1) is 12.2. The van der Waals surface area contributed by atoms with E-state index in [1.807, 2.05) is 28.8 Å². The van der Waals surface area contributed by atoms with E-state index in [0.717, 1.165) is 38.3 Å². The zero-order valence-corrected chi connectivity index (χ0v) is 14.1. The largest absolute Gasteiger partial charge is 0.461 e. The lowest BCUT2D eigenvalue weighted by Gasteiger charge is -2.42. The molecule has 0 spiro atoms. The van der Waals surface area contributed by atoms with Crippen LogP contribution in [-0.4, -0.2) is 41.7 Å². The monoisotopic (exact) mass is 338 g/mol. The minimum absolute atomic E-state index is 0.109. The van der Waals surface area contributed by atoms with Gasteiger partial charge in [-0.25, -0.2) is 4.79 Å². The fourth-order valence-corrected chi connectivity index (χ4v) is 4.10. The molecule has 0 unspecified atom stereocenters. The number of pyridine rings is 1. The van der Waals surface area contributed by atoms with Gasteiger partial charge in [0.1, 0.15) is 6.61 Å². The van der Waals surface area contributed by atoms with E-state index in [-0.39, 0.29) is 11.5 Å². The number of aromatic nitrogens is 1. The highest BCUT2D eigenvalue weighted by Gasteiger charge is 2.34. The maximum Gasteiger partial charge on any atom is 0.338 e. The molecule has 2 bridgehead atoms. The summed E-state index contributed by atoms with van der Waals surface area (Å²) in [5, 5.41) is 0. The maximum atomic E-state index is 12.1. The third-order valence-corrected chi connectivity index (χ3v) is 5.21. The zero-order chi connectivity index (χ0) is 17.2. The Bertz CT molecular complexity index is 815. The highest BCUT2D eigenvalue weighted by molar-refractivity contribution is 5.89. The van der Waals surface area contributed by atoms with Crippen molar-refractivity contribution in [3.05, 3.63) is 70.1 Å². The van der Waals surface area contributed by atoms with Crippen molar-refractivity contribution < 1.29 is 9.53 Å². The standard InChI is InChI=1S/C20H22N2O3/c23-19-8-4-7-18-17-11-15(13-22(18)19)12-21(14-17)9-10-25-20(24)16-5-2-1-3-6-16/h1-8,15,17H,9-14H2/t15-,17+/m0/s1. The lowest BCUT2D eigenvalue weighted by molar-refractivity contribution is 0.0403. The maximum absolute atomic E-state index is 12.1. The number of rotatable bonds is 4. The van der Waals surface area contributed by atoms with Gasteiger partial charge in [0, 0.05) is 43.9 Å². The molecule has 1 aromatic heterocycles. The Morgan fingerprint density at radius 2 is 1.88 bits per heavy atom. The minimum atomic E-state index is -0.269. The van der Waals surface area contributed by atoms with Crippen molar-refractivity contribution in [2.45, 2.75) is 18.9 Å². The molecule has 0 saturated carbocycles. The molecule has 1 aromatic carbocycles. The van der Waals surface area contributed by atoms with Crippen LogP contribution in [0.25, 0.3) is 0 Å². The van der Waals surface area contributed by atoms with Crippen molar-refractivity contribution in [1.82, 2.24) is 9.47 Å². The van der Waals surface area contributed by atoms with E-state index in [2.05, 4.69) is 11.0 Å². The molecule has 1 fully saturated rings. The molecule has 4 rings (SSSR count). The quantitative estimate of drug-likeness (QED) is 0.802. The Labute approximate surface area is 146 Å². The molecule has 130 valence electrons. The molecule has 0 N–H and O–H groups in total. The first-order valence-corrected chi connectivity index (χ1v) is 8.85. The number of benzene rings is 1. The number of nitrogens with zero attached hydrogens (tertiary/aromatic N) is 2. The second kappa shape index (κ2) is 6.84. The molecule has 3 heterocycles. The van der Waals surface area contributed by atoms with Crippen LogP contribution >= 0.6 is 0 Å². The van der Waals surface area contributed by atoms with Crippen LogP contribution in [-0.2, 0) is 11.3 Å². The molecule has 0 aliphatic carbocycles. The number of esters is 1. The van der Waals surface area contributed by atoms with E-state index >= 15 is 0 Å². The van der Waals surface area contributed by atoms with Crippen LogP contribution in [0.3, 0.4) is 0 Å². The van der Waals surface area contributed by atoms with Crippen LogP contribution in [0.5, 0.6) is 0 Å². The molecule has 2 aliphatic rings. The normalized spacial score (nSPS) is 22.2. The number of carbonyl (C=O) groups excluding carboxylic acids is 1. The first-order valence-electron chi connectivity index (χ1n) is 8.85. The summed E-state index contributed by atoms with van der Waals surface area (Å²) in [6.45, 7) is 3.81. The average molecular weight is 338 g/mol. The third kappa shape index (κ3) is 3.37. The lowest BCUT2D eigenvalue weighted by atomic mass is 9.83. The van der Waals surface area contributed by atoms with Gasteiger partial charge in [-0.15, -0.1) is 0 Å². The predicted octanol–water partition coefficient (Wildman–Crippen LogP) is 2.12. The SMILES string of the molecule is O=C(OCCN1C[C@@H]2C[C@H](C1)c1cccc(=O)n1C2)c1ccccc1. The molecule has 25 heavy (non-hydrogen) atoms. The molecular weight excluding hydrogens is 316 g/mol. The molecule has 1 saturated heterocycles. The number of fused-ring (bicyclic) bond motifs is 4. The fourth-order valence-electron chi connectivity index (χ4n) is 4.10. The Balaban J connectivity index is 1.35. The molecule has 5 nitrogen and oxygen atoms in total. The van der Waals surface area contributed by atoms with Gasteiger partial charge >= 0.3 is 5.97 Å². The molecular formula is C20H22N2O3. The number of hydrogen-bond donors (Lipinski definition) is 0. The van der Waals surface area contributed by atoms with E-state index in [1.165, 1.54) is 0 Å². The van der Waals surface area contributed by atoms with E-state index in [9.17, 15) is 9.59 Å². The molecule has 0 amide bonds. The van der Waals surface area contributed by atoms with Crippen LogP contribution < -0.4 is 5.56 Å². The van der Waals surface area contributed by atoms with E-state index in [4.69, 9.17) is 4.74 Å². The average Bonchev–Trinajstić information content (AvgIpc) is 2.63. The van der Waals surface area contributed by atoms with Crippen LogP contribution in [0.2, 0.25) is 0 Å². The van der Waals surface area contributed by atoms with Crippen molar-refractivity contribution in [2.24, 2.45) is 5.92 Å². The van der Waals surface area contributed by atoms with Crippen molar-refractivity contribution >= 4 is 5.97 Å². The van der Waals surface area contributed by atoms with Crippen molar-refractivity contribution in [3.8, 4) is 0 Å². The minimum Gasteiger partial charge on any atom is -0.461 e. The molecule has 2 aromatic rings. The molecule has 2 atom stereocenters. The van der Waals surface area contributed by atoms with Gasteiger partial charge in [0.25, 0.3) is 5.56 Å². The fraction of sp³-hybridized carbons (Fsp3) is 0.400. The smallest absolute Gasteiger partial charge is 0.338 e. The number of hydrogen-bond acceptors (Lipinski definition) is 4. The topological polar surface area (TPSA) is 51.5 Å². The summed E-state index contributed by atoms with van der Waals surface area (Å²) in [5.41, 5.74) is 1.85. The summed E-state index contributed by atoms with van der Waals surface area (Å²) in [4.78, 5) is 26.4. The highest BCUT2D eigenvalue weighted by atomic mass is 16.5. The number of ether oxygens (including phenoxy) is 1. The summed E-state index contributed by atoms with van der Waals surface area (Å²) >= 11 is 0. The van der Waals surface area contributed by atoms with Gasteiger partial charge in [0.15, 0.2) is 0 Å². The van der Waals surface area contributed by atoms with E-state index < -0.39 is 0 Å². The van der Waals surface area contributed by atoms with Gasteiger partial charge in [-0.1, -0.05) is 24.3 Å². The molecule has 2 aliphatic heterocycles. The highest BCUT2D eigenvalue weighted by Crippen LogP contribution is 2.34. The van der Waals surface area contributed by atoms with Crippen molar-refractivity contribution in [3.63, 3.8) is 0 Å². The summed E-state index contributed by atoms with van der Waals surface area (Å²) in [7, 11) is 0. The van der Waals surface area contributed by atoms with Crippen molar-refractivity contribution in [2.75, 3.05) is 26.2 Å². The van der Waals surface area contributed by atoms with Crippen molar-refractivity contribution in [1.29, 1.82) is 0 Å². The van der Waals surface area contributed by atoms with Crippen LogP contribution in [0, 0.1) is 5.92 Å². The second-order valence-corrected chi connectivity index (χ2v) is 6.96. The third-order valence-electron chi connectivity index (χ3n) is 5.21. The second-order valence-electron chi connectivity index (χ2n) is 6.96. The van der Waals surface area contributed by atoms with E-state index in [1.54, 1.807) is 18.2 Å². The lowest BCUT2D eigenvalue weighted by Crippen LogP contribution is -2.47.